The van der Waals surface area contributed by atoms with Gasteiger partial charge in [0.05, 0.1) is 0 Å². The van der Waals surface area contributed by atoms with Crippen LogP contribution in [0.25, 0.3) is 0 Å². The first-order valence-corrected chi connectivity index (χ1v) is 6.59. The first-order chi connectivity index (χ1) is 9.70. The molecule has 21 heavy (non-hydrogen) atoms. The largest absolute Gasteiger partial charge is 0.481 e. The Hall–Kier alpha value is -1.78. The van der Waals surface area contributed by atoms with Crippen LogP contribution in [-0.2, 0) is 14.4 Å². The lowest BCUT2D eigenvalue weighted by atomic mass is 9.84. The molecule has 1 saturated heterocycles. The molecule has 0 aromatic heterocycles. The minimum absolute atomic E-state index is 0.0813. The summed E-state index contributed by atoms with van der Waals surface area (Å²) in [4.78, 5) is 32.8. The number of hydrogen-bond donors (Lipinski definition) is 5. The Morgan fingerprint density at radius 1 is 1.33 bits per heavy atom. The molecule has 6 N–H and O–H groups in total. The summed E-state index contributed by atoms with van der Waals surface area (Å²) in [5.74, 6) is 2.29. The molecule has 118 valence electrons. The van der Waals surface area contributed by atoms with Crippen LogP contribution >= 0.6 is 12.2 Å². The molecule has 0 aromatic carbocycles. The van der Waals surface area contributed by atoms with E-state index in [1.165, 1.54) is 0 Å². The van der Waals surface area contributed by atoms with Gasteiger partial charge >= 0.3 is 17.9 Å². The van der Waals surface area contributed by atoms with Crippen molar-refractivity contribution in [2.24, 2.45) is 11.3 Å². The van der Waals surface area contributed by atoms with Crippen molar-refractivity contribution in [1.82, 2.24) is 10.3 Å². The van der Waals surface area contributed by atoms with Gasteiger partial charge in [-0.05, 0) is 12.8 Å². The summed E-state index contributed by atoms with van der Waals surface area (Å²) >= 11 is 5.08. The van der Waals surface area contributed by atoms with Crippen LogP contribution in [0.4, 0.5) is 0 Å². The third-order valence-corrected chi connectivity index (χ3v) is 4.00. The average Bonchev–Trinajstić information content (AvgIpc) is 2.83. The lowest BCUT2D eigenvalue weighted by Gasteiger charge is -2.30. The Morgan fingerprint density at radius 3 is 2.38 bits per heavy atom. The predicted molar refractivity (Wildman–Crippen MR) is 74.5 cm³/mol. The lowest BCUT2D eigenvalue weighted by Crippen LogP contribution is -2.52. The molecule has 10 heteroatoms. The van der Waals surface area contributed by atoms with Crippen molar-refractivity contribution in [3.8, 4) is 0 Å². The van der Waals surface area contributed by atoms with Gasteiger partial charge in [0.2, 0.25) is 0 Å². The Labute approximate surface area is 125 Å². The predicted octanol–water partition coefficient (Wildman–Crippen LogP) is -1.13. The van der Waals surface area contributed by atoms with Gasteiger partial charge in [0.25, 0.3) is 0 Å². The van der Waals surface area contributed by atoms with Gasteiger partial charge in [-0.1, -0.05) is 12.2 Å². The van der Waals surface area contributed by atoms with E-state index in [0.717, 1.165) is 5.01 Å². The van der Waals surface area contributed by atoms with Crippen molar-refractivity contribution in [3.63, 3.8) is 0 Å². The fourth-order valence-corrected chi connectivity index (χ4v) is 2.49. The first kappa shape index (κ1) is 17.3. The number of thiocarbonyl (C=S) groups is 1. The molecule has 1 rings (SSSR count). The summed E-state index contributed by atoms with van der Waals surface area (Å²) in [6.07, 6.45) is -0.118. The molecule has 0 amide bonds. The molecular weight excluding hydrogens is 302 g/mol. The molecule has 1 aliphatic heterocycles. The molecule has 0 radical (unpaired) electrons. The van der Waals surface area contributed by atoms with Crippen LogP contribution in [0.1, 0.15) is 19.3 Å². The van der Waals surface area contributed by atoms with Gasteiger partial charge in [-0.15, -0.1) is 0 Å². The van der Waals surface area contributed by atoms with E-state index < -0.39 is 29.4 Å². The summed E-state index contributed by atoms with van der Waals surface area (Å²) in [6, 6.07) is -1.01. The number of aliphatic carboxylic acids is 3. The van der Waals surface area contributed by atoms with Crippen molar-refractivity contribution in [2.45, 2.75) is 25.3 Å². The summed E-state index contributed by atoms with van der Waals surface area (Å²) in [7, 11) is 0. The fourth-order valence-electron chi connectivity index (χ4n) is 2.16. The van der Waals surface area contributed by atoms with E-state index in [1.807, 2.05) is 0 Å². The number of hydrazine groups is 1. The molecule has 1 fully saturated rings. The number of rotatable bonds is 7. The zero-order chi connectivity index (χ0) is 16.2. The van der Waals surface area contributed by atoms with Crippen LogP contribution in [0.5, 0.6) is 0 Å². The zero-order valence-corrected chi connectivity index (χ0v) is 11.9. The molecule has 0 spiro atoms. The van der Waals surface area contributed by atoms with E-state index in [-0.39, 0.29) is 37.3 Å². The van der Waals surface area contributed by atoms with Gasteiger partial charge in [-0.3, -0.25) is 14.4 Å². The molecular formula is C11H17N3O6S. The number of nitrogens with one attached hydrogen (secondary N) is 1. The average molecular weight is 319 g/mol. The SMILES string of the molecule is NN(CCCC(=O)O)C(=S)[C@@]1(C(=O)O)CN[C@@H](C(=O)O)C1. The molecule has 0 aliphatic carbocycles. The molecule has 0 bridgehead atoms. The normalized spacial score (nSPS) is 24.5. The summed E-state index contributed by atoms with van der Waals surface area (Å²) < 4.78 is 0. The molecule has 0 unspecified atom stereocenters. The molecule has 2 atom stereocenters. The van der Waals surface area contributed by atoms with E-state index in [9.17, 15) is 19.5 Å². The second-order valence-electron chi connectivity index (χ2n) is 4.86. The number of carboxylic acid groups (broad SMARTS) is 3. The Balaban J connectivity index is 2.77. The van der Waals surface area contributed by atoms with E-state index in [0.29, 0.717) is 0 Å². The summed E-state index contributed by atoms with van der Waals surface area (Å²) in [5, 5.41) is 30.5. The smallest absolute Gasteiger partial charge is 0.320 e. The maximum atomic E-state index is 11.5. The van der Waals surface area contributed by atoms with E-state index in [2.05, 4.69) is 5.32 Å². The lowest BCUT2D eigenvalue weighted by molar-refractivity contribution is -0.144. The quantitative estimate of drug-likeness (QED) is 0.221. The molecule has 0 aromatic rings. The molecule has 1 heterocycles. The zero-order valence-electron chi connectivity index (χ0n) is 11.1. The van der Waals surface area contributed by atoms with E-state index >= 15 is 0 Å². The second-order valence-corrected chi connectivity index (χ2v) is 5.25. The van der Waals surface area contributed by atoms with Crippen molar-refractivity contribution in [3.05, 3.63) is 0 Å². The van der Waals surface area contributed by atoms with Gasteiger partial charge in [0.1, 0.15) is 16.4 Å². The number of nitrogens with zero attached hydrogens (tertiary/aromatic N) is 1. The van der Waals surface area contributed by atoms with Gasteiger partial charge in [0, 0.05) is 19.5 Å². The van der Waals surface area contributed by atoms with Crippen molar-refractivity contribution < 1.29 is 29.7 Å². The monoisotopic (exact) mass is 319 g/mol. The van der Waals surface area contributed by atoms with Crippen LogP contribution in [0, 0.1) is 5.41 Å². The van der Waals surface area contributed by atoms with Gasteiger partial charge in [-0.25, -0.2) is 5.84 Å². The fraction of sp³-hybridized carbons (Fsp3) is 0.636. The molecule has 1 aliphatic rings. The maximum Gasteiger partial charge on any atom is 0.320 e. The Bertz CT molecular complexity index is 471. The van der Waals surface area contributed by atoms with Crippen LogP contribution in [0.15, 0.2) is 0 Å². The van der Waals surface area contributed by atoms with Gasteiger partial charge in [-0.2, -0.15) is 0 Å². The summed E-state index contributed by atoms with van der Waals surface area (Å²) in [5.41, 5.74) is -1.57. The van der Waals surface area contributed by atoms with Crippen LogP contribution in [0.2, 0.25) is 0 Å². The highest BCUT2D eigenvalue weighted by molar-refractivity contribution is 7.80. The minimum atomic E-state index is -1.57. The minimum Gasteiger partial charge on any atom is -0.481 e. The number of carbonyl (C=O) groups is 3. The number of hydrogen-bond acceptors (Lipinski definition) is 6. The van der Waals surface area contributed by atoms with Crippen LogP contribution in [0.3, 0.4) is 0 Å². The van der Waals surface area contributed by atoms with Crippen molar-refractivity contribution >= 4 is 35.1 Å². The van der Waals surface area contributed by atoms with E-state index in [4.69, 9.17) is 28.3 Å². The highest BCUT2D eigenvalue weighted by Gasteiger charge is 2.52. The van der Waals surface area contributed by atoms with Crippen molar-refractivity contribution in [2.75, 3.05) is 13.1 Å². The molecule has 0 saturated carbocycles. The standard InChI is InChI=1S/C11H17N3O6S/c12-14(3-1-2-7(15)16)9(21)11(10(19)20)4-6(8(17)18)13-5-11/h6,13H,1-5,12H2,(H,15,16)(H,17,18)(H,19,20)/t6-,11+/m1/s1. The molecule has 9 nitrogen and oxygen atoms in total. The second kappa shape index (κ2) is 6.78. The van der Waals surface area contributed by atoms with E-state index in [1.54, 1.807) is 0 Å². The number of nitrogens with two attached hydrogens (primary N) is 1. The Morgan fingerprint density at radius 2 is 1.95 bits per heavy atom. The third kappa shape index (κ3) is 3.86. The van der Waals surface area contributed by atoms with Gasteiger partial charge < -0.3 is 25.6 Å². The first-order valence-electron chi connectivity index (χ1n) is 6.19. The van der Waals surface area contributed by atoms with Gasteiger partial charge in [0.15, 0.2) is 0 Å². The van der Waals surface area contributed by atoms with Crippen LogP contribution in [-0.4, -0.2) is 62.4 Å². The summed E-state index contributed by atoms with van der Waals surface area (Å²) in [6.45, 7) is -0.0529. The highest BCUT2D eigenvalue weighted by atomic mass is 32.1. The maximum absolute atomic E-state index is 11.5. The van der Waals surface area contributed by atoms with Crippen LogP contribution < -0.4 is 11.2 Å². The highest BCUT2D eigenvalue weighted by Crippen LogP contribution is 2.32. The topological polar surface area (TPSA) is 153 Å². The number of carboxylic acids is 3. The Kier molecular flexibility index (Phi) is 5.58. The van der Waals surface area contributed by atoms with Crippen molar-refractivity contribution in [1.29, 1.82) is 0 Å². The third-order valence-electron chi connectivity index (χ3n) is 3.37.